The first-order chi connectivity index (χ1) is 8.16. The van der Waals surface area contributed by atoms with Gasteiger partial charge in [0, 0.05) is 17.8 Å². The first-order valence-electron chi connectivity index (χ1n) is 5.73. The normalized spacial score (nSPS) is 13.2. The van der Waals surface area contributed by atoms with E-state index in [1.54, 1.807) is 18.3 Å². The van der Waals surface area contributed by atoms with Crippen molar-refractivity contribution in [1.29, 1.82) is 0 Å². The van der Waals surface area contributed by atoms with Crippen LogP contribution in [-0.4, -0.2) is 10.1 Å². The molecule has 0 spiro atoms. The number of hydrogen-bond acceptors (Lipinski definition) is 5. The van der Waals surface area contributed by atoms with Crippen LogP contribution >= 0.6 is 11.3 Å². The zero-order valence-electron chi connectivity index (χ0n) is 10.3. The second-order valence-electron chi connectivity index (χ2n) is 4.35. The minimum absolute atomic E-state index is 0.341. The standard InChI is InChI=1S/C12H17N3OS/c1-8(2)12(10-5-4-6-17-10)13-7-11-14-9(3)16-15-11/h4-6,8,12-13H,7H2,1-3H3. The van der Waals surface area contributed by atoms with Crippen molar-refractivity contribution in [2.75, 3.05) is 0 Å². The predicted octanol–water partition coefficient (Wildman–Crippen LogP) is 2.93. The Bertz CT molecular complexity index is 450. The van der Waals surface area contributed by atoms with E-state index in [1.165, 1.54) is 4.88 Å². The lowest BCUT2D eigenvalue weighted by molar-refractivity contribution is 0.374. The maximum absolute atomic E-state index is 4.95. The Kier molecular flexibility index (Phi) is 3.91. The molecule has 0 saturated carbocycles. The Morgan fingerprint density at radius 3 is 2.82 bits per heavy atom. The zero-order valence-corrected chi connectivity index (χ0v) is 11.1. The van der Waals surface area contributed by atoms with Crippen LogP contribution in [0.5, 0.6) is 0 Å². The number of thiophene rings is 1. The molecule has 0 amide bonds. The molecule has 0 aliphatic rings. The molecular formula is C12H17N3OS. The van der Waals surface area contributed by atoms with Gasteiger partial charge in [0.2, 0.25) is 5.89 Å². The van der Waals surface area contributed by atoms with Gasteiger partial charge in [0.1, 0.15) is 0 Å². The number of rotatable bonds is 5. The Balaban J connectivity index is 1.99. The molecule has 0 fully saturated rings. The van der Waals surface area contributed by atoms with Crippen molar-refractivity contribution in [3.63, 3.8) is 0 Å². The summed E-state index contributed by atoms with van der Waals surface area (Å²) in [5, 5.41) is 9.46. The van der Waals surface area contributed by atoms with Gasteiger partial charge < -0.3 is 9.84 Å². The average Bonchev–Trinajstić information content (AvgIpc) is 2.90. The van der Waals surface area contributed by atoms with E-state index >= 15 is 0 Å². The molecule has 1 atom stereocenters. The maximum Gasteiger partial charge on any atom is 0.223 e. The summed E-state index contributed by atoms with van der Waals surface area (Å²) in [4.78, 5) is 5.53. The number of aryl methyl sites for hydroxylation is 1. The number of aromatic nitrogens is 2. The van der Waals surface area contributed by atoms with Gasteiger partial charge in [0.25, 0.3) is 0 Å². The molecule has 2 aromatic heterocycles. The van der Waals surface area contributed by atoms with Crippen LogP contribution in [0.4, 0.5) is 0 Å². The van der Waals surface area contributed by atoms with Gasteiger partial charge in [0.15, 0.2) is 5.82 Å². The lowest BCUT2D eigenvalue weighted by Gasteiger charge is -2.20. The Hall–Kier alpha value is -1.20. The van der Waals surface area contributed by atoms with Crippen LogP contribution < -0.4 is 5.32 Å². The largest absolute Gasteiger partial charge is 0.340 e. The van der Waals surface area contributed by atoms with Crippen molar-refractivity contribution in [2.45, 2.75) is 33.4 Å². The molecular weight excluding hydrogens is 234 g/mol. The fourth-order valence-electron chi connectivity index (χ4n) is 1.75. The van der Waals surface area contributed by atoms with Gasteiger partial charge in [-0.3, -0.25) is 0 Å². The van der Waals surface area contributed by atoms with E-state index in [0.29, 0.717) is 30.2 Å². The second kappa shape index (κ2) is 5.42. The SMILES string of the molecule is Cc1nc(CNC(c2cccs2)C(C)C)no1. The molecule has 0 aliphatic carbocycles. The van der Waals surface area contributed by atoms with Gasteiger partial charge in [-0.05, 0) is 17.4 Å². The van der Waals surface area contributed by atoms with Crippen LogP contribution in [0.25, 0.3) is 0 Å². The highest BCUT2D eigenvalue weighted by atomic mass is 32.1. The molecule has 2 aromatic rings. The number of nitrogens with one attached hydrogen (secondary N) is 1. The fraction of sp³-hybridized carbons (Fsp3) is 0.500. The number of nitrogens with zero attached hydrogens (tertiary/aromatic N) is 2. The van der Waals surface area contributed by atoms with E-state index in [9.17, 15) is 0 Å². The summed E-state index contributed by atoms with van der Waals surface area (Å²) < 4.78 is 4.95. The molecule has 5 heteroatoms. The maximum atomic E-state index is 4.95. The van der Waals surface area contributed by atoms with Crippen molar-refractivity contribution in [3.8, 4) is 0 Å². The van der Waals surface area contributed by atoms with E-state index in [4.69, 9.17) is 4.52 Å². The van der Waals surface area contributed by atoms with E-state index in [0.717, 1.165) is 0 Å². The molecule has 1 unspecified atom stereocenters. The fourth-order valence-corrected chi connectivity index (χ4v) is 2.72. The van der Waals surface area contributed by atoms with E-state index < -0.39 is 0 Å². The molecule has 0 aromatic carbocycles. The summed E-state index contributed by atoms with van der Waals surface area (Å²) in [6.07, 6.45) is 0. The first kappa shape index (κ1) is 12.3. The molecule has 1 N–H and O–H groups in total. The molecule has 0 aliphatic heterocycles. The Morgan fingerprint density at radius 2 is 2.29 bits per heavy atom. The van der Waals surface area contributed by atoms with Crippen LogP contribution in [0.1, 0.15) is 36.5 Å². The van der Waals surface area contributed by atoms with Gasteiger partial charge in [-0.1, -0.05) is 25.1 Å². The minimum atomic E-state index is 0.341. The lowest BCUT2D eigenvalue weighted by atomic mass is 10.0. The summed E-state index contributed by atoms with van der Waals surface area (Å²) in [6, 6.07) is 4.58. The smallest absolute Gasteiger partial charge is 0.223 e. The highest BCUT2D eigenvalue weighted by Gasteiger charge is 2.16. The third kappa shape index (κ3) is 3.14. The van der Waals surface area contributed by atoms with Gasteiger partial charge in [-0.15, -0.1) is 11.3 Å². The highest BCUT2D eigenvalue weighted by molar-refractivity contribution is 7.10. The lowest BCUT2D eigenvalue weighted by Crippen LogP contribution is -2.25. The van der Waals surface area contributed by atoms with E-state index in [2.05, 4.69) is 46.8 Å². The third-order valence-electron chi connectivity index (χ3n) is 2.57. The number of hydrogen-bond donors (Lipinski definition) is 1. The molecule has 92 valence electrons. The van der Waals surface area contributed by atoms with Crippen molar-refractivity contribution in [2.24, 2.45) is 5.92 Å². The Morgan fingerprint density at radius 1 is 1.47 bits per heavy atom. The first-order valence-corrected chi connectivity index (χ1v) is 6.60. The van der Waals surface area contributed by atoms with Crippen molar-refractivity contribution in [3.05, 3.63) is 34.1 Å². The molecule has 0 bridgehead atoms. The van der Waals surface area contributed by atoms with Crippen LogP contribution in [0, 0.1) is 12.8 Å². The molecule has 2 heterocycles. The highest BCUT2D eigenvalue weighted by Crippen LogP contribution is 2.25. The van der Waals surface area contributed by atoms with Gasteiger partial charge in [-0.25, -0.2) is 0 Å². The quantitative estimate of drug-likeness (QED) is 0.887. The van der Waals surface area contributed by atoms with E-state index in [-0.39, 0.29) is 0 Å². The van der Waals surface area contributed by atoms with Crippen molar-refractivity contribution in [1.82, 2.24) is 15.5 Å². The summed E-state index contributed by atoms with van der Waals surface area (Å²) in [5.41, 5.74) is 0. The molecule has 0 saturated heterocycles. The summed E-state index contributed by atoms with van der Waals surface area (Å²) in [5.74, 6) is 1.85. The third-order valence-corrected chi connectivity index (χ3v) is 3.52. The van der Waals surface area contributed by atoms with Gasteiger partial charge in [-0.2, -0.15) is 4.98 Å². The van der Waals surface area contributed by atoms with Gasteiger partial charge in [0.05, 0.1) is 6.54 Å². The van der Waals surface area contributed by atoms with Gasteiger partial charge >= 0.3 is 0 Å². The molecule has 4 nitrogen and oxygen atoms in total. The zero-order chi connectivity index (χ0) is 12.3. The van der Waals surface area contributed by atoms with Crippen LogP contribution in [0.3, 0.4) is 0 Å². The topological polar surface area (TPSA) is 51.0 Å². The summed E-state index contributed by atoms with van der Waals surface area (Å²) >= 11 is 1.77. The van der Waals surface area contributed by atoms with Crippen LogP contribution in [-0.2, 0) is 6.54 Å². The van der Waals surface area contributed by atoms with Crippen molar-refractivity contribution < 1.29 is 4.52 Å². The van der Waals surface area contributed by atoms with Crippen LogP contribution in [0.2, 0.25) is 0 Å². The summed E-state index contributed by atoms with van der Waals surface area (Å²) in [6.45, 7) is 6.85. The van der Waals surface area contributed by atoms with Crippen molar-refractivity contribution >= 4 is 11.3 Å². The Labute approximate surface area is 105 Å². The molecule has 0 radical (unpaired) electrons. The minimum Gasteiger partial charge on any atom is -0.340 e. The monoisotopic (exact) mass is 251 g/mol. The average molecular weight is 251 g/mol. The molecule has 17 heavy (non-hydrogen) atoms. The van der Waals surface area contributed by atoms with E-state index in [1.807, 2.05) is 0 Å². The molecule has 2 rings (SSSR count). The summed E-state index contributed by atoms with van der Waals surface area (Å²) in [7, 11) is 0. The predicted molar refractivity (Wildman–Crippen MR) is 67.8 cm³/mol. The van der Waals surface area contributed by atoms with Crippen LogP contribution in [0.15, 0.2) is 22.0 Å². The second-order valence-corrected chi connectivity index (χ2v) is 5.33.